The molecule has 0 aliphatic carbocycles. The van der Waals surface area contributed by atoms with Gasteiger partial charge in [0, 0.05) is 38.3 Å². The quantitative estimate of drug-likeness (QED) is 0.768. The normalized spacial score (nSPS) is 16.7. The van der Waals surface area contributed by atoms with Gasteiger partial charge in [0.2, 0.25) is 0 Å². The molecular formula is C21H26N4O. The van der Waals surface area contributed by atoms with Crippen LogP contribution in [0, 0.1) is 0 Å². The lowest BCUT2D eigenvalue weighted by Crippen LogP contribution is -2.46. The molecule has 5 nitrogen and oxygen atoms in total. The maximum Gasteiger partial charge on any atom is 0.132 e. The number of ether oxygens (including phenoxy) is 1. The molecule has 1 atom stereocenters. The Hall–Kier alpha value is -2.37. The van der Waals surface area contributed by atoms with Gasteiger partial charge in [0.1, 0.15) is 11.6 Å². The number of rotatable bonds is 5. The standard InChI is InChI=1S/C21H26N4O/c1-3-25-18-10-6-5-9-17(18)23-21(25)20(24-14-12-22-13-15-24)16-8-4-7-11-19(16)26-2/h4-11,20,22H,3,12-15H2,1-2H3. The van der Waals surface area contributed by atoms with Gasteiger partial charge in [-0.1, -0.05) is 30.3 Å². The number of hydrogen-bond donors (Lipinski definition) is 1. The molecule has 0 spiro atoms. The van der Waals surface area contributed by atoms with Crippen LogP contribution < -0.4 is 10.1 Å². The van der Waals surface area contributed by atoms with Gasteiger partial charge in [-0.25, -0.2) is 4.98 Å². The Kier molecular flexibility index (Phi) is 4.91. The number of nitrogens with one attached hydrogen (secondary N) is 1. The predicted molar refractivity (Wildman–Crippen MR) is 105 cm³/mol. The number of hydrogen-bond acceptors (Lipinski definition) is 4. The summed E-state index contributed by atoms with van der Waals surface area (Å²) in [7, 11) is 1.75. The second-order valence-electron chi connectivity index (χ2n) is 6.63. The van der Waals surface area contributed by atoms with Crippen LogP contribution >= 0.6 is 0 Å². The third kappa shape index (κ3) is 2.97. The fourth-order valence-corrected chi connectivity index (χ4v) is 3.97. The molecular weight excluding hydrogens is 324 g/mol. The Morgan fingerprint density at radius 1 is 1.08 bits per heavy atom. The number of piperazine rings is 1. The summed E-state index contributed by atoms with van der Waals surface area (Å²) in [5, 5.41) is 3.46. The van der Waals surface area contributed by atoms with E-state index in [4.69, 9.17) is 9.72 Å². The van der Waals surface area contributed by atoms with Crippen LogP contribution in [0.1, 0.15) is 24.4 Å². The van der Waals surface area contributed by atoms with Gasteiger partial charge in [0.25, 0.3) is 0 Å². The maximum atomic E-state index is 5.71. The number of benzene rings is 2. The molecule has 2 heterocycles. The summed E-state index contributed by atoms with van der Waals surface area (Å²) in [6, 6.07) is 16.8. The summed E-state index contributed by atoms with van der Waals surface area (Å²) in [4.78, 5) is 7.57. The lowest BCUT2D eigenvalue weighted by Gasteiger charge is -2.35. The zero-order chi connectivity index (χ0) is 17.9. The molecule has 1 fully saturated rings. The summed E-state index contributed by atoms with van der Waals surface area (Å²) >= 11 is 0. The molecule has 1 aliphatic rings. The van der Waals surface area contributed by atoms with Gasteiger partial charge in [-0.3, -0.25) is 4.90 Å². The average Bonchev–Trinajstić information content (AvgIpc) is 3.07. The number of aromatic nitrogens is 2. The van der Waals surface area contributed by atoms with Gasteiger partial charge in [-0.15, -0.1) is 0 Å². The fraction of sp³-hybridized carbons (Fsp3) is 0.381. The Bertz CT molecular complexity index is 883. The molecule has 1 aliphatic heterocycles. The SMILES string of the molecule is CCn1c(C(c2ccccc2OC)N2CCNCC2)nc2ccccc21. The molecule has 1 unspecified atom stereocenters. The minimum atomic E-state index is 0.0839. The molecule has 26 heavy (non-hydrogen) atoms. The number of aryl methyl sites for hydroxylation is 1. The Morgan fingerprint density at radius 3 is 2.58 bits per heavy atom. The van der Waals surface area contributed by atoms with Crippen LogP contribution in [0.5, 0.6) is 5.75 Å². The van der Waals surface area contributed by atoms with Gasteiger partial charge in [-0.05, 0) is 25.1 Å². The van der Waals surface area contributed by atoms with E-state index >= 15 is 0 Å². The number of nitrogens with zero attached hydrogens (tertiary/aromatic N) is 3. The molecule has 1 saturated heterocycles. The number of imidazole rings is 1. The second-order valence-corrected chi connectivity index (χ2v) is 6.63. The Labute approximate surface area is 154 Å². The van der Waals surface area contributed by atoms with Crippen LogP contribution in [-0.2, 0) is 6.54 Å². The van der Waals surface area contributed by atoms with E-state index in [1.165, 1.54) is 11.1 Å². The van der Waals surface area contributed by atoms with E-state index < -0.39 is 0 Å². The highest BCUT2D eigenvalue weighted by molar-refractivity contribution is 5.76. The third-order valence-electron chi connectivity index (χ3n) is 5.20. The highest BCUT2D eigenvalue weighted by Crippen LogP contribution is 2.35. The molecule has 3 aromatic rings. The number of para-hydroxylation sites is 3. The van der Waals surface area contributed by atoms with E-state index in [0.717, 1.165) is 49.8 Å². The zero-order valence-electron chi connectivity index (χ0n) is 15.5. The van der Waals surface area contributed by atoms with Crippen molar-refractivity contribution in [3.8, 4) is 5.75 Å². The molecule has 2 aromatic carbocycles. The largest absolute Gasteiger partial charge is 0.496 e. The maximum absolute atomic E-state index is 5.71. The summed E-state index contributed by atoms with van der Waals surface area (Å²) in [6.07, 6.45) is 0. The zero-order valence-corrected chi connectivity index (χ0v) is 15.5. The fourth-order valence-electron chi connectivity index (χ4n) is 3.97. The molecule has 1 aromatic heterocycles. The van der Waals surface area contributed by atoms with E-state index in [9.17, 15) is 0 Å². The van der Waals surface area contributed by atoms with E-state index in [-0.39, 0.29) is 6.04 Å². The first-order chi connectivity index (χ1) is 12.8. The molecule has 0 amide bonds. The molecule has 5 heteroatoms. The number of methoxy groups -OCH3 is 1. The average molecular weight is 350 g/mol. The topological polar surface area (TPSA) is 42.3 Å². The first-order valence-corrected chi connectivity index (χ1v) is 9.36. The minimum Gasteiger partial charge on any atom is -0.496 e. The lowest BCUT2D eigenvalue weighted by molar-refractivity contribution is 0.187. The summed E-state index contributed by atoms with van der Waals surface area (Å²) in [6.45, 7) is 7.07. The highest BCUT2D eigenvalue weighted by atomic mass is 16.5. The van der Waals surface area contributed by atoms with Gasteiger partial charge in [0.15, 0.2) is 0 Å². The highest BCUT2D eigenvalue weighted by Gasteiger charge is 2.30. The van der Waals surface area contributed by atoms with Gasteiger partial charge in [-0.2, -0.15) is 0 Å². The van der Waals surface area contributed by atoms with Crippen molar-refractivity contribution in [2.75, 3.05) is 33.3 Å². The Morgan fingerprint density at radius 2 is 1.81 bits per heavy atom. The number of fused-ring (bicyclic) bond motifs is 1. The summed E-state index contributed by atoms with van der Waals surface area (Å²) < 4.78 is 8.05. The van der Waals surface area contributed by atoms with Crippen molar-refractivity contribution in [3.05, 3.63) is 59.9 Å². The smallest absolute Gasteiger partial charge is 0.132 e. The van der Waals surface area contributed by atoms with Crippen LogP contribution in [0.25, 0.3) is 11.0 Å². The minimum absolute atomic E-state index is 0.0839. The monoisotopic (exact) mass is 350 g/mol. The van der Waals surface area contributed by atoms with Crippen molar-refractivity contribution in [2.24, 2.45) is 0 Å². The van der Waals surface area contributed by atoms with Crippen molar-refractivity contribution in [3.63, 3.8) is 0 Å². The van der Waals surface area contributed by atoms with Crippen molar-refractivity contribution >= 4 is 11.0 Å². The van der Waals surface area contributed by atoms with Crippen molar-refractivity contribution in [2.45, 2.75) is 19.5 Å². The van der Waals surface area contributed by atoms with E-state index in [1.807, 2.05) is 12.1 Å². The van der Waals surface area contributed by atoms with Gasteiger partial charge in [0.05, 0.1) is 24.2 Å². The van der Waals surface area contributed by atoms with Crippen LogP contribution in [0.2, 0.25) is 0 Å². The van der Waals surface area contributed by atoms with Crippen molar-refractivity contribution in [1.29, 1.82) is 0 Å². The Balaban J connectivity index is 1.91. The van der Waals surface area contributed by atoms with Crippen LogP contribution in [0.4, 0.5) is 0 Å². The molecule has 0 radical (unpaired) electrons. The van der Waals surface area contributed by atoms with E-state index in [0.29, 0.717) is 0 Å². The summed E-state index contributed by atoms with van der Waals surface area (Å²) in [5.74, 6) is 2.02. The van der Waals surface area contributed by atoms with Crippen LogP contribution in [0.15, 0.2) is 48.5 Å². The molecule has 0 bridgehead atoms. The van der Waals surface area contributed by atoms with Crippen molar-refractivity contribution in [1.82, 2.24) is 19.8 Å². The van der Waals surface area contributed by atoms with Crippen LogP contribution in [0.3, 0.4) is 0 Å². The third-order valence-corrected chi connectivity index (χ3v) is 5.20. The van der Waals surface area contributed by atoms with Gasteiger partial charge >= 0.3 is 0 Å². The lowest BCUT2D eigenvalue weighted by atomic mass is 10.0. The predicted octanol–water partition coefficient (Wildman–Crippen LogP) is 3.06. The van der Waals surface area contributed by atoms with E-state index in [1.54, 1.807) is 7.11 Å². The van der Waals surface area contributed by atoms with E-state index in [2.05, 4.69) is 58.1 Å². The molecule has 1 N–H and O–H groups in total. The second kappa shape index (κ2) is 7.48. The van der Waals surface area contributed by atoms with Gasteiger partial charge < -0.3 is 14.6 Å². The van der Waals surface area contributed by atoms with Crippen molar-refractivity contribution < 1.29 is 4.74 Å². The first kappa shape index (κ1) is 17.1. The summed E-state index contributed by atoms with van der Waals surface area (Å²) in [5.41, 5.74) is 3.43. The molecule has 4 rings (SSSR count). The van der Waals surface area contributed by atoms with Crippen LogP contribution in [-0.4, -0.2) is 47.7 Å². The molecule has 136 valence electrons. The first-order valence-electron chi connectivity index (χ1n) is 9.36. The molecule has 0 saturated carbocycles.